The molecular weight excluding hydrogens is 287 g/mol. The van der Waals surface area contributed by atoms with E-state index in [1.165, 1.54) is 0 Å². The molecule has 0 rings (SSSR count). The Morgan fingerprint density at radius 2 is 0.429 bits per heavy atom. The van der Waals surface area contributed by atoms with Gasteiger partial charge in [-0.2, -0.15) is 0 Å². The van der Waals surface area contributed by atoms with Crippen LogP contribution in [0.2, 0.25) is 0 Å². The normalized spacial score (nSPS) is 0. The molecule has 0 aromatic rings. The smallest absolute Gasteiger partial charge is 0.870 e. The van der Waals surface area contributed by atoms with E-state index in [0.717, 1.165) is 0 Å². The first-order valence-corrected chi connectivity index (χ1v) is 0. The van der Waals surface area contributed by atoms with E-state index in [2.05, 4.69) is 0 Å². The Hall–Kier alpha value is 3.52. The van der Waals surface area contributed by atoms with Crippen molar-refractivity contribution in [3.05, 3.63) is 0 Å². The van der Waals surface area contributed by atoms with Crippen LogP contribution >= 0.6 is 0 Å². The van der Waals surface area contributed by atoms with Crippen molar-refractivity contribution in [3.63, 3.8) is 0 Å². The zero-order valence-corrected chi connectivity index (χ0v) is 12.2. The van der Waals surface area contributed by atoms with Gasteiger partial charge >= 0.3 is 91.0 Å². The monoisotopic (exact) mass is 292 g/mol. The Kier molecular flexibility index (Phi) is 615. The molecule has 0 aromatic carbocycles. The Balaban J connectivity index is 0. The Morgan fingerprint density at radius 1 is 0.429 bits per heavy atom. The summed E-state index contributed by atoms with van der Waals surface area (Å²) >= 11 is 0. The van der Waals surface area contributed by atoms with Crippen LogP contribution in [-0.4, -0.2) is 113 Å². The molecule has 0 saturated carbocycles. The molecule has 0 spiro atoms. The van der Waals surface area contributed by atoms with Gasteiger partial charge in [-0.25, -0.2) is 0 Å². The van der Waals surface area contributed by atoms with Crippen molar-refractivity contribution in [2.24, 2.45) is 0 Å². The fraction of sp³-hybridized carbons (Fsp3) is 0. The fourth-order valence-corrected chi connectivity index (χ4v) is 0. The standard InChI is InChI=1S/4H2O.2Sr.Ti/h4*1H2;;;/q;;;;2*+2;/p-4. The summed E-state index contributed by atoms with van der Waals surface area (Å²) < 4.78 is 0. The Morgan fingerprint density at radius 3 is 0.429 bits per heavy atom. The zero-order chi connectivity index (χ0) is 0. The van der Waals surface area contributed by atoms with E-state index < -0.39 is 0 Å². The average molecular weight is 291 g/mol. The maximum Gasteiger partial charge on any atom is 2.00 e. The Bertz CT molecular complexity index is 9.65. The van der Waals surface area contributed by atoms with Crippen LogP contribution < -0.4 is 0 Å². The fourth-order valence-electron chi connectivity index (χ4n) is 0. The minimum atomic E-state index is 0. The molecule has 0 saturated heterocycles. The van der Waals surface area contributed by atoms with Crippen molar-refractivity contribution in [2.75, 3.05) is 0 Å². The first-order valence-electron chi connectivity index (χ1n) is 0. The molecule has 0 unspecified atom stereocenters. The van der Waals surface area contributed by atoms with Crippen molar-refractivity contribution >= 4 is 91.0 Å². The number of rotatable bonds is 0. The molecule has 0 amide bonds. The van der Waals surface area contributed by atoms with Crippen molar-refractivity contribution in [3.8, 4) is 0 Å². The van der Waals surface area contributed by atoms with E-state index >= 15 is 0 Å². The average Bonchev–Trinajstić information content (AvgIpc) is 0. The van der Waals surface area contributed by atoms with Crippen LogP contribution in [0.3, 0.4) is 0 Å². The second-order valence-electron chi connectivity index (χ2n) is 0. The van der Waals surface area contributed by atoms with E-state index in [-0.39, 0.29) is 135 Å². The molecule has 0 aliphatic carbocycles. The summed E-state index contributed by atoms with van der Waals surface area (Å²) in [5.41, 5.74) is 0. The maximum atomic E-state index is 0. The molecule has 0 aromatic heterocycles. The van der Waals surface area contributed by atoms with Gasteiger partial charge in [0.2, 0.25) is 0 Å². The molecule has 0 bridgehead atoms. The molecule has 0 aliphatic rings. The summed E-state index contributed by atoms with van der Waals surface area (Å²) in [4.78, 5) is 0. The third kappa shape index (κ3) is 43.5. The van der Waals surface area contributed by atoms with E-state index in [1.807, 2.05) is 0 Å². The van der Waals surface area contributed by atoms with Crippen LogP contribution in [0.4, 0.5) is 0 Å². The molecular formula is H4O4Sr2Ti. The first kappa shape index (κ1) is 77.0. The van der Waals surface area contributed by atoms with Crippen LogP contribution in [0.25, 0.3) is 0 Å². The molecule has 0 aliphatic heterocycles. The summed E-state index contributed by atoms with van der Waals surface area (Å²) in [5.74, 6) is 0. The van der Waals surface area contributed by atoms with E-state index in [0.29, 0.717) is 0 Å². The van der Waals surface area contributed by atoms with Crippen LogP contribution in [-0.2, 0) is 21.7 Å². The van der Waals surface area contributed by atoms with Crippen molar-refractivity contribution in [2.45, 2.75) is 0 Å². The summed E-state index contributed by atoms with van der Waals surface area (Å²) in [5, 5.41) is 0. The van der Waals surface area contributed by atoms with Crippen LogP contribution in [0.15, 0.2) is 0 Å². The molecule has 7 heavy (non-hydrogen) atoms. The van der Waals surface area contributed by atoms with Gasteiger partial charge in [0.1, 0.15) is 0 Å². The van der Waals surface area contributed by atoms with Crippen LogP contribution in [0, 0.1) is 0 Å². The summed E-state index contributed by atoms with van der Waals surface area (Å²) in [6, 6.07) is 0. The third-order valence-electron chi connectivity index (χ3n) is 0. The third-order valence-corrected chi connectivity index (χ3v) is 0. The molecule has 0 radical (unpaired) electrons. The Labute approximate surface area is 131 Å². The van der Waals surface area contributed by atoms with Gasteiger partial charge in [0, 0.05) is 21.7 Å². The second-order valence-corrected chi connectivity index (χ2v) is 0. The van der Waals surface area contributed by atoms with Gasteiger partial charge in [-0.1, -0.05) is 0 Å². The van der Waals surface area contributed by atoms with Crippen LogP contribution in [0.1, 0.15) is 0 Å². The molecule has 4 nitrogen and oxygen atoms in total. The van der Waals surface area contributed by atoms with E-state index in [1.54, 1.807) is 0 Å². The second kappa shape index (κ2) is 55.8. The largest absolute Gasteiger partial charge is 2.00 e. The first-order chi connectivity index (χ1) is 0. The number of hydrogen-bond acceptors (Lipinski definition) is 4. The molecule has 0 fully saturated rings. The molecule has 36 valence electrons. The van der Waals surface area contributed by atoms with Crippen molar-refractivity contribution in [1.82, 2.24) is 0 Å². The van der Waals surface area contributed by atoms with E-state index in [9.17, 15) is 0 Å². The predicted octanol–water partition coefficient (Wildman–Crippen LogP) is -1.47. The zero-order valence-electron chi connectivity index (χ0n) is 3.70. The minimum Gasteiger partial charge on any atom is -0.870 e. The van der Waals surface area contributed by atoms with Crippen molar-refractivity contribution < 1.29 is 43.6 Å². The topological polar surface area (TPSA) is 120 Å². The quantitative estimate of drug-likeness (QED) is 0.506. The molecule has 4 N–H and O–H groups in total. The summed E-state index contributed by atoms with van der Waals surface area (Å²) in [6.45, 7) is 0. The van der Waals surface area contributed by atoms with Crippen LogP contribution in [0.5, 0.6) is 0 Å². The van der Waals surface area contributed by atoms with Gasteiger partial charge in [0.05, 0.1) is 0 Å². The molecule has 7 heteroatoms. The summed E-state index contributed by atoms with van der Waals surface area (Å²) in [6.07, 6.45) is 0. The van der Waals surface area contributed by atoms with Gasteiger partial charge in [0.15, 0.2) is 0 Å². The molecule has 0 atom stereocenters. The van der Waals surface area contributed by atoms with E-state index in [4.69, 9.17) is 0 Å². The SMILES string of the molecule is [OH-].[OH-].[OH-].[OH-].[Sr+2].[Sr+2].[Ti]. The van der Waals surface area contributed by atoms with Gasteiger partial charge in [-0.15, -0.1) is 0 Å². The van der Waals surface area contributed by atoms with Crippen molar-refractivity contribution in [1.29, 1.82) is 0 Å². The summed E-state index contributed by atoms with van der Waals surface area (Å²) in [7, 11) is 0. The van der Waals surface area contributed by atoms with Gasteiger partial charge in [0.25, 0.3) is 0 Å². The minimum absolute atomic E-state index is 0. The molecule has 0 heterocycles. The van der Waals surface area contributed by atoms with Gasteiger partial charge in [-0.3, -0.25) is 0 Å². The van der Waals surface area contributed by atoms with Gasteiger partial charge < -0.3 is 21.9 Å². The predicted molar refractivity (Wildman–Crippen MR) is 19.3 cm³/mol. The number of hydrogen-bond donors (Lipinski definition) is 0. The van der Waals surface area contributed by atoms with Gasteiger partial charge in [-0.05, 0) is 0 Å². The maximum absolute atomic E-state index is 0.